The summed E-state index contributed by atoms with van der Waals surface area (Å²) in [6.45, 7) is 2.91. The first-order valence-corrected chi connectivity index (χ1v) is 9.45. The maximum Gasteiger partial charge on any atom is 0.416 e. The molecule has 3 N–H and O–H groups in total. The minimum Gasteiger partial charge on any atom is -0.361 e. The lowest BCUT2D eigenvalue weighted by Gasteiger charge is -2.21. The third kappa shape index (κ3) is 5.00. The number of hydrogen-bond donors (Lipinski definition) is 3. The predicted octanol–water partition coefficient (Wildman–Crippen LogP) is 4.11. The van der Waals surface area contributed by atoms with Crippen molar-refractivity contribution in [2.24, 2.45) is 0 Å². The Labute approximate surface area is 171 Å². The molecule has 2 atom stereocenters. The second-order valence-corrected chi connectivity index (χ2v) is 7.17. The molecule has 0 saturated heterocycles. The largest absolute Gasteiger partial charge is 0.416 e. The standard InChI is InChI=1S/C22H22F3N3O2/c1-13(15-6-5-7-17(10-15)22(23,24)25)27-21(30)20(28-14(2)29)11-16-12-26-19-9-4-3-8-18(16)19/h3-10,12-13,20,26H,11H2,1-2H3,(H,27,30)(H,28,29)/t13-,20-/m1/s1. The number of benzene rings is 2. The van der Waals surface area contributed by atoms with E-state index in [1.165, 1.54) is 19.1 Å². The number of H-pyrrole nitrogens is 1. The molecular formula is C22H22F3N3O2. The van der Waals surface area contributed by atoms with Crippen molar-refractivity contribution < 1.29 is 22.8 Å². The molecule has 30 heavy (non-hydrogen) atoms. The lowest BCUT2D eigenvalue weighted by molar-refractivity contribution is -0.137. The maximum atomic E-state index is 13.0. The second-order valence-electron chi connectivity index (χ2n) is 7.17. The summed E-state index contributed by atoms with van der Waals surface area (Å²) < 4.78 is 38.9. The van der Waals surface area contributed by atoms with Crippen molar-refractivity contribution in [3.8, 4) is 0 Å². The van der Waals surface area contributed by atoms with E-state index in [-0.39, 0.29) is 12.3 Å². The van der Waals surface area contributed by atoms with Gasteiger partial charge in [0.1, 0.15) is 6.04 Å². The fraction of sp³-hybridized carbons (Fsp3) is 0.273. The molecule has 0 aliphatic rings. The highest BCUT2D eigenvalue weighted by molar-refractivity contribution is 5.89. The number of nitrogens with one attached hydrogen (secondary N) is 3. The number of fused-ring (bicyclic) bond motifs is 1. The minimum atomic E-state index is -4.46. The van der Waals surface area contributed by atoms with Crippen molar-refractivity contribution in [2.45, 2.75) is 38.5 Å². The summed E-state index contributed by atoms with van der Waals surface area (Å²) in [5, 5.41) is 6.28. The lowest BCUT2D eigenvalue weighted by atomic mass is 10.0. The third-order valence-electron chi connectivity index (χ3n) is 4.87. The number of carbonyl (C=O) groups is 2. The van der Waals surface area contributed by atoms with Gasteiger partial charge in [-0.3, -0.25) is 9.59 Å². The Morgan fingerprint density at radius 2 is 1.80 bits per heavy atom. The van der Waals surface area contributed by atoms with Gasteiger partial charge >= 0.3 is 6.18 Å². The van der Waals surface area contributed by atoms with E-state index >= 15 is 0 Å². The van der Waals surface area contributed by atoms with Crippen LogP contribution < -0.4 is 10.6 Å². The quantitative estimate of drug-likeness (QED) is 0.565. The molecule has 0 aliphatic carbocycles. The van der Waals surface area contributed by atoms with Gasteiger partial charge < -0.3 is 15.6 Å². The molecule has 3 rings (SSSR count). The zero-order chi connectivity index (χ0) is 21.9. The van der Waals surface area contributed by atoms with Gasteiger partial charge in [-0.05, 0) is 36.2 Å². The summed E-state index contributed by atoms with van der Waals surface area (Å²) in [5.41, 5.74) is 1.31. The molecular weight excluding hydrogens is 395 g/mol. The van der Waals surface area contributed by atoms with Crippen LogP contribution in [-0.4, -0.2) is 22.8 Å². The van der Waals surface area contributed by atoms with Gasteiger partial charge in [0.15, 0.2) is 0 Å². The molecule has 0 fully saturated rings. The van der Waals surface area contributed by atoms with Crippen molar-refractivity contribution >= 4 is 22.7 Å². The number of rotatable bonds is 6. The van der Waals surface area contributed by atoms with Gasteiger partial charge in [0, 0.05) is 30.4 Å². The number of halogens is 3. The summed E-state index contributed by atoms with van der Waals surface area (Å²) in [6, 6.07) is 10.9. The summed E-state index contributed by atoms with van der Waals surface area (Å²) >= 11 is 0. The van der Waals surface area contributed by atoms with Crippen LogP contribution in [0.4, 0.5) is 13.2 Å². The molecule has 0 radical (unpaired) electrons. The van der Waals surface area contributed by atoms with Crippen molar-refractivity contribution in [1.82, 2.24) is 15.6 Å². The molecule has 158 valence electrons. The number of aromatic nitrogens is 1. The predicted molar refractivity (Wildman–Crippen MR) is 108 cm³/mol. The monoisotopic (exact) mass is 417 g/mol. The van der Waals surface area contributed by atoms with Crippen LogP contribution in [0.15, 0.2) is 54.7 Å². The molecule has 0 saturated carbocycles. The third-order valence-corrected chi connectivity index (χ3v) is 4.87. The molecule has 2 amide bonds. The smallest absolute Gasteiger partial charge is 0.361 e. The van der Waals surface area contributed by atoms with Crippen LogP contribution in [-0.2, 0) is 22.2 Å². The fourth-order valence-corrected chi connectivity index (χ4v) is 3.36. The average Bonchev–Trinajstić information content (AvgIpc) is 3.09. The van der Waals surface area contributed by atoms with E-state index in [1.54, 1.807) is 13.1 Å². The van der Waals surface area contributed by atoms with E-state index in [1.807, 2.05) is 24.3 Å². The molecule has 0 bridgehead atoms. The van der Waals surface area contributed by atoms with E-state index in [0.717, 1.165) is 28.6 Å². The van der Waals surface area contributed by atoms with E-state index in [4.69, 9.17) is 0 Å². The number of para-hydroxylation sites is 1. The first kappa shape index (κ1) is 21.4. The Morgan fingerprint density at radius 1 is 1.07 bits per heavy atom. The van der Waals surface area contributed by atoms with Gasteiger partial charge in [0.2, 0.25) is 11.8 Å². The fourth-order valence-electron chi connectivity index (χ4n) is 3.36. The SMILES string of the molecule is CC(=O)N[C@H](Cc1c[nH]c2ccccc12)C(=O)N[C@H](C)c1cccc(C(F)(F)F)c1. The Kier molecular flexibility index (Phi) is 6.14. The molecule has 0 spiro atoms. The maximum absolute atomic E-state index is 13.0. The molecule has 8 heteroatoms. The first-order chi connectivity index (χ1) is 14.1. The highest BCUT2D eigenvalue weighted by Gasteiger charge is 2.31. The number of carbonyl (C=O) groups excluding carboxylic acids is 2. The lowest BCUT2D eigenvalue weighted by Crippen LogP contribution is -2.47. The minimum absolute atomic E-state index is 0.241. The van der Waals surface area contributed by atoms with Gasteiger partial charge in [0.25, 0.3) is 0 Å². The van der Waals surface area contributed by atoms with E-state index in [0.29, 0.717) is 5.56 Å². The second kappa shape index (κ2) is 8.61. The van der Waals surface area contributed by atoms with Gasteiger partial charge in [-0.25, -0.2) is 0 Å². The highest BCUT2D eigenvalue weighted by Crippen LogP contribution is 2.30. The van der Waals surface area contributed by atoms with Gasteiger partial charge in [-0.15, -0.1) is 0 Å². The summed E-state index contributed by atoms with van der Waals surface area (Å²) in [5.74, 6) is -0.845. The molecule has 1 heterocycles. The Balaban J connectivity index is 1.78. The first-order valence-electron chi connectivity index (χ1n) is 9.45. The van der Waals surface area contributed by atoms with Crippen LogP contribution in [0.2, 0.25) is 0 Å². The number of amides is 2. The average molecular weight is 417 g/mol. The van der Waals surface area contributed by atoms with Crippen LogP contribution in [0.5, 0.6) is 0 Å². The van der Waals surface area contributed by atoms with Gasteiger partial charge in [-0.2, -0.15) is 13.2 Å². The van der Waals surface area contributed by atoms with Crippen LogP contribution in [0.25, 0.3) is 10.9 Å². The Bertz CT molecular complexity index is 1060. The van der Waals surface area contributed by atoms with Crippen LogP contribution in [0, 0.1) is 0 Å². The summed E-state index contributed by atoms with van der Waals surface area (Å²) in [7, 11) is 0. The molecule has 0 aliphatic heterocycles. The van der Waals surface area contributed by atoms with Crippen molar-refractivity contribution in [3.05, 3.63) is 71.4 Å². The zero-order valence-corrected chi connectivity index (χ0v) is 16.5. The van der Waals surface area contributed by atoms with Crippen LogP contribution in [0.3, 0.4) is 0 Å². The Hall–Kier alpha value is -3.29. The molecule has 5 nitrogen and oxygen atoms in total. The van der Waals surface area contributed by atoms with Gasteiger partial charge in [0.05, 0.1) is 11.6 Å². The molecule has 1 aromatic heterocycles. The van der Waals surface area contributed by atoms with E-state index < -0.39 is 29.7 Å². The van der Waals surface area contributed by atoms with Gasteiger partial charge in [-0.1, -0.05) is 30.3 Å². The summed E-state index contributed by atoms with van der Waals surface area (Å²) in [4.78, 5) is 27.6. The highest BCUT2D eigenvalue weighted by atomic mass is 19.4. The van der Waals surface area contributed by atoms with Crippen molar-refractivity contribution in [1.29, 1.82) is 0 Å². The topological polar surface area (TPSA) is 74.0 Å². The normalized spacial score (nSPS) is 13.6. The number of alkyl halides is 3. The zero-order valence-electron chi connectivity index (χ0n) is 16.5. The van der Waals surface area contributed by atoms with Crippen molar-refractivity contribution in [3.63, 3.8) is 0 Å². The molecule has 0 unspecified atom stereocenters. The van der Waals surface area contributed by atoms with Crippen molar-refractivity contribution in [2.75, 3.05) is 0 Å². The van der Waals surface area contributed by atoms with E-state index in [2.05, 4.69) is 15.6 Å². The number of aromatic amines is 1. The number of hydrogen-bond acceptors (Lipinski definition) is 2. The van der Waals surface area contributed by atoms with Crippen LogP contribution in [0.1, 0.15) is 36.6 Å². The van der Waals surface area contributed by atoms with Crippen LogP contribution >= 0.6 is 0 Å². The summed E-state index contributed by atoms with van der Waals surface area (Å²) in [6.07, 6.45) is -2.44. The van der Waals surface area contributed by atoms with E-state index in [9.17, 15) is 22.8 Å². The molecule has 3 aromatic rings. The Morgan fingerprint density at radius 3 is 2.50 bits per heavy atom. The molecule has 2 aromatic carbocycles.